The first-order valence-electron chi connectivity index (χ1n) is 4.51. The van der Waals surface area contributed by atoms with Crippen molar-refractivity contribution in [1.82, 2.24) is 5.43 Å². The van der Waals surface area contributed by atoms with Crippen LogP contribution in [0.5, 0.6) is 5.75 Å². The Morgan fingerprint density at radius 1 is 1.40 bits per heavy atom. The zero-order valence-electron chi connectivity index (χ0n) is 7.87. The molecule has 1 aliphatic heterocycles. The smallest absolute Gasteiger partial charge is 0.275 e. The molecule has 1 amide bonds. The first-order valence-corrected chi connectivity index (χ1v) is 5.04. The number of carbonyl (C=O) groups is 1. The van der Waals surface area contributed by atoms with E-state index in [1.807, 2.05) is 0 Å². The molecule has 1 aromatic rings. The number of para-hydroxylation sites is 1. The normalized spacial score (nSPS) is 14.5. The van der Waals surface area contributed by atoms with E-state index in [-0.39, 0.29) is 5.91 Å². The zero-order valence-corrected chi connectivity index (χ0v) is 8.62. The van der Waals surface area contributed by atoms with Crippen LogP contribution in [0.3, 0.4) is 0 Å². The van der Waals surface area contributed by atoms with Crippen LogP contribution >= 0.6 is 11.6 Å². The largest absolute Gasteiger partial charge is 0.441 e. The maximum Gasteiger partial charge on any atom is 0.275 e. The van der Waals surface area contributed by atoms with E-state index >= 15 is 0 Å². The second-order valence-corrected chi connectivity index (χ2v) is 3.36. The van der Waals surface area contributed by atoms with Gasteiger partial charge in [0.25, 0.3) is 5.91 Å². The molecule has 1 aromatic carbocycles. The van der Waals surface area contributed by atoms with Crippen molar-refractivity contribution in [1.29, 1.82) is 0 Å². The van der Waals surface area contributed by atoms with Crippen molar-refractivity contribution >= 4 is 23.4 Å². The molecule has 0 bridgehead atoms. The number of nitrogens with zero attached hydrogens (tertiary/aromatic N) is 1. The highest BCUT2D eigenvalue weighted by Crippen LogP contribution is 2.20. The lowest BCUT2D eigenvalue weighted by Gasteiger charge is -2.05. The summed E-state index contributed by atoms with van der Waals surface area (Å²) >= 11 is 5.58. The number of hydrazone groups is 1. The van der Waals surface area contributed by atoms with Gasteiger partial charge in [0.1, 0.15) is 5.75 Å². The average Bonchev–Trinajstić information content (AvgIpc) is 2.40. The van der Waals surface area contributed by atoms with Crippen LogP contribution in [0.4, 0.5) is 0 Å². The predicted octanol–water partition coefficient (Wildman–Crippen LogP) is 1.75. The molecule has 0 unspecified atom stereocenters. The summed E-state index contributed by atoms with van der Waals surface area (Å²) in [7, 11) is 0. The molecule has 0 radical (unpaired) electrons. The highest BCUT2D eigenvalue weighted by molar-refractivity contribution is 6.19. The van der Waals surface area contributed by atoms with Crippen LogP contribution in [0.2, 0.25) is 0 Å². The molecule has 0 spiro atoms. The number of ether oxygens (including phenoxy) is 1. The SMILES string of the molecule is O=C1NN=C(CCCl)Oc2ccccc21. The van der Waals surface area contributed by atoms with Crippen molar-refractivity contribution in [2.24, 2.45) is 5.10 Å². The van der Waals surface area contributed by atoms with Gasteiger partial charge in [-0.1, -0.05) is 12.1 Å². The Morgan fingerprint density at radius 2 is 2.20 bits per heavy atom. The third kappa shape index (κ3) is 2.10. The third-order valence-corrected chi connectivity index (χ3v) is 2.14. The molecule has 0 fully saturated rings. The Bertz CT molecular complexity index is 418. The fourth-order valence-corrected chi connectivity index (χ4v) is 1.42. The molecule has 1 N–H and O–H groups in total. The molecule has 0 aromatic heterocycles. The fraction of sp³-hybridized carbons (Fsp3) is 0.200. The van der Waals surface area contributed by atoms with Crippen molar-refractivity contribution in [2.45, 2.75) is 6.42 Å². The number of alkyl halides is 1. The van der Waals surface area contributed by atoms with Gasteiger partial charge in [0.05, 0.1) is 5.56 Å². The van der Waals surface area contributed by atoms with Crippen molar-refractivity contribution < 1.29 is 9.53 Å². The molecular formula is C10H9ClN2O2. The minimum atomic E-state index is -0.268. The van der Waals surface area contributed by atoms with E-state index in [2.05, 4.69) is 10.5 Å². The topological polar surface area (TPSA) is 50.7 Å². The zero-order chi connectivity index (χ0) is 10.7. The Kier molecular flexibility index (Phi) is 2.87. The van der Waals surface area contributed by atoms with Crippen LogP contribution in [0.1, 0.15) is 16.8 Å². The molecule has 15 heavy (non-hydrogen) atoms. The van der Waals surface area contributed by atoms with Gasteiger partial charge < -0.3 is 4.74 Å². The van der Waals surface area contributed by atoms with Crippen LogP contribution in [0.25, 0.3) is 0 Å². The van der Waals surface area contributed by atoms with Gasteiger partial charge in [0.15, 0.2) is 0 Å². The summed E-state index contributed by atoms with van der Waals surface area (Å²) in [6, 6.07) is 6.98. The molecular weight excluding hydrogens is 216 g/mol. The van der Waals surface area contributed by atoms with Crippen LogP contribution in [0, 0.1) is 0 Å². The Hall–Kier alpha value is -1.55. The molecule has 1 aliphatic rings. The summed E-state index contributed by atoms with van der Waals surface area (Å²) in [5.74, 6) is 1.06. The number of benzene rings is 1. The van der Waals surface area contributed by atoms with E-state index in [0.29, 0.717) is 29.5 Å². The van der Waals surface area contributed by atoms with Gasteiger partial charge in [0, 0.05) is 12.3 Å². The number of nitrogens with one attached hydrogen (secondary N) is 1. The second kappa shape index (κ2) is 4.31. The Labute approximate surface area is 91.9 Å². The minimum absolute atomic E-state index is 0.268. The van der Waals surface area contributed by atoms with Crippen molar-refractivity contribution in [3.8, 4) is 5.75 Å². The van der Waals surface area contributed by atoms with Gasteiger partial charge in [-0.05, 0) is 12.1 Å². The first-order chi connectivity index (χ1) is 7.31. The molecule has 0 aliphatic carbocycles. The number of hydrogen-bond acceptors (Lipinski definition) is 3. The van der Waals surface area contributed by atoms with Crippen molar-refractivity contribution in [3.63, 3.8) is 0 Å². The molecule has 5 heteroatoms. The molecule has 78 valence electrons. The second-order valence-electron chi connectivity index (χ2n) is 2.98. The summed E-state index contributed by atoms with van der Waals surface area (Å²) in [5, 5.41) is 3.82. The summed E-state index contributed by atoms with van der Waals surface area (Å²) in [5.41, 5.74) is 2.88. The van der Waals surface area contributed by atoms with Crippen molar-refractivity contribution in [3.05, 3.63) is 29.8 Å². The quantitative estimate of drug-likeness (QED) is 0.779. The lowest BCUT2D eigenvalue weighted by Crippen LogP contribution is -2.17. The van der Waals surface area contributed by atoms with E-state index in [0.717, 1.165) is 0 Å². The van der Waals surface area contributed by atoms with Crippen LogP contribution in [-0.4, -0.2) is 17.7 Å². The number of rotatable bonds is 2. The Morgan fingerprint density at radius 3 is 3.00 bits per heavy atom. The molecule has 0 atom stereocenters. The van der Waals surface area contributed by atoms with Gasteiger partial charge >= 0.3 is 0 Å². The molecule has 0 saturated heterocycles. The maximum absolute atomic E-state index is 11.5. The van der Waals surface area contributed by atoms with E-state index in [4.69, 9.17) is 16.3 Å². The fourth-order valence-electron chi connectivity index (χ4n) is 1.25. The van der Waals surface area contributed by atoms with Crippen molar-refractivity contribution in [2.75, 3.05) is 5.88 Å². The summed E-state index contributed by atoms with van der Waals surface area (Å²) in [6.07, 6.45) is 0.482. The lowest BCUT2D eigenvalue weighted by atomic mass is 10.2. The maximum atomic E-state index is 11.5. The summed E-state index contributed by atoms with van der Waals surface area (Å²) in [4.78, 5) is 11.5. The number of amides is 1. The molecule has 4 nitrogen and oxygen atoms in total. The number of fused-ring (bicyclic) bond motifs is 1. The van der Waals surface area contributed by atoms with E-state index in [9.17, 15) is 4.79 Å². The van der Waals surface area contributed by atoms with Gasteiger partial charge in [-0.15, -0.1) is 16.7 Å². The van der Waals surface area contributed by atoms with E-state index < -0.39 is 0 Å². The van der Waals surface area contributed by atoms with Crippen LogP contribution in [-0.2, 0) is 0 Å². The average molecular weight is 225 g/mol. The standard InChI is InChI=1S/C10H9ClN2O2/c11-6-5-9-12-13-10(14)7-3-1-2-4-8(7)15-9/h1-4H,5-6H2,(H,13,14). The first kappa shape index (κ1) is 9.98. The minimum Gasteiger partial charge on any atom is -0.441 e. The lowest BCUT2D eigenvalue weighted by molar-refractivity contribution is 0.0955. The van der Waals surface area contributed by atoms with Gasteiger partial charge in [-0.25, -0.2) is 5.43 Å². The highest BCUT2D eigenvalue weighted by atomic mass is 35.5. The summed E-state index contributed by atoms with van der Waals surface area (Å²) < 4.78 is 5.45. The van der Waals surface area contributed by atoms with E-state index in [1.165, 1.54) is 0 Å². The molecule has 0 saturated carbocycles. The van der Waals surface area contributed by atoms with Gasteiger partial charge in [-0.3, -0.25) is 4.79 Å². The number of hydrogen-bond donors (Lipinski definition) is 1. The predicted molar refractivity (Wildman–Crippen MR) is 57.3 cm³/mol. The van der Waals surface area contributed by atoms with Gasteiger partial charge in [0.2, 0.25) is 5.90 Å². The summed E-state index contributed by atoms with van der Waals surface area (Å²) in [6.45, 7) is 0. The molecule has 2 rings (SSSR count). The van der Waals surface area contributed by atoms with E-state index in [1.54, 1.807) is 24.3 Å². The van der Waals surface area contributed by atoms with Gasteiger partial charge in [-0.2, -0.15) is 0 Å². The Balaban J connectivity index is 2.33. The highest BCUT2D eigenvalue weighted by Gasteiger charge is 2.17. The molecule has 1 heterocycles. The number of halogens is 1. The third-order valence-electron chi connectivity index (χ3n) is 1.95. The monoisotopic (exact) mass is 224 g/mol. The van der Waals surface area contributed by atoms with Crippen LogP contribution in [0.15, 0.2) is 29.4 Å². The van der Waals surface area contributed by atoms with Crippen LogP contribution < -0.4 is 10.2 Å². The number of carbonyl (C=O) groups excluding carboxylic acids is 1.